The fourth-order valence-electron chi connectivity index (χ4n) is 2.05. The summed E-state index contributed by atoms with van der Waals surface area (Å²) >= 11 is 7.77. The zero-order valence-electron chi connectivity index (χ0n) is 11.1. The topological polar surface area (TPSA) is 32.3 Å². The number of nitrogens with zero attached hydrogens (tertiary/aromatic N) is 1. The molecular formula is C14H19ClN2OS. The molecule has 0 aromatic heterocycles. The standard InChI is InChI=1S/C14H19ClN2OS/c1-2-9-19-13-4-3-11(15)10-12(13)14(18)17-7-5-16-6-8-17/h3-4,10,16H,2,5-9H2,1H3. The van der Waals surface area contributed by atoms with E-state index < -0.39 is 0 Å². The Morgan fingerprint density at radius 1 is 1.42 bits per heavy atom. The molecule has 1 N–H and O–H groups in total. The van der Waals surface area contributed by atoms with Crippen LogP contribution in [0.2, 0.25) is 5.02 Å². The van der Waals surface area contributed by atoms with Gasteiger partial charge in [0.05, 0.1) is 5.56 Å². The number of hydrogen-bond donors (Lipinski definition) is 1. The Hall–Kier alpha value is -0.710. The number of nitrogens with one attached hydrogen (secondary N) is 1. The lowest BCUT2D eigenvalue weighted by Gasteiger charge is -2.28. The Bertz CT molecular complexity index is 447. The molecule has 0 saturated carbocycles. The molecule has 5 heteroatoms. The smallest absolute Gasteiger partial charge is 0.255 e. The maximum Gasteiger partial charge on any atom is 0.255 e. The van der Waals surface area contributed by atoms with Crippen LogP contribution >= 0.6 is 23.4 Å². The first kappa shape index (κ1) is 14.7. The lowest BCUT2D eigenvalue weighted by Crippen LogP contribution is -2.46. The van der Waals surface area contributed by atoms with Crippen molar-refractivity contribution >= 4 is 29.3 Å². The Balaban J connectivity index is 2.20. The van der Waals surface area contributed by atoms with Crippen molar-refractivity contribution in [2.24, 2.45) is 0 Å². The van der Waals surface area contributed by atoms with Crippen LogP contribution in [-0.2, 0) is 0 Å². The van der Waals surface area contributed by atoms with E-state index in [1.165, 1.54) is 0 Å². The molecule has 0 aliphatic carbocycles. The van der Waals surface area contributed by atoms with Crippen molar-refractivity contribution in [3.05, 3.63) is 28.8 Å². The highest BCUT2D eigenvalue weighted by molar-refractivity contribution is 7.99. The van der Waals surface area contributed by atoms with Crippen molar-refractivity contribution < 1.29 is 4.79 Å². The molecular weight excluding hydrogens is 280 g/mol. The number of amides is 1. The molecule has 104 valence electrons. The molecule has 1 heterocycles. The van der Waals surface area contributed by atoms with E-state index in [-0.39, 0.29) is 5.91 Å². The minimum atomic E-state index is 0.0996. The van der Waals surface area contributed by atoms with Gasteiger partial charge in [0.2, 0.25) is 0 Å². The van der Waals surface area contributed by atoms with Crippen molar-refractivity contribution in [2.45, 2.75) is 18.2 Å². The maximum absolute atomic E-state index is 12.6. The van der Waals surface area contributed by atoms with Crippen LogP contribution in [0.15, 0.2) is 23.1 Å². The van der Waals surface area contributed by atoms with Crippen molar-refractivity contribution in [3.63, 3.8) is 0 Å². The summed E-state index contributed by atoms with van der Waals surface area (Å²) in [6.45, 7) is 5.40. The SMILES string of the molecule is CCCSc1ccc(Cl)cc1C(=O)N1CCNCC1. The molecule has 1 fully saturated rings. The van der Waals surface area contributed by atoms with Gasteiger partial charge in [0.25, 0.3) is 5.91 Å². The van der Waals surface area contributed by atoms with Gasteiger partial charge in [-0.05, 0) is 30.4 Å². The number of carbonyl (C=O) groups is 1. The number of hydrogen-bond acceptors (Lipinski definition) is 3. The first-order chi connectivity index (χ1) is 9.22. The minimum absolute atomic E-state index is 0.0996. The van der Waals surface area contributed by atoms with Gasteiger partial charge in [0, 0.05) is 36.1 Å². The highest BCUT2D eigenvalue weighted by atomic mass is 35.5. The van der Waals surface area contributed by atoms with E-state index in [0.717, 1.165) is 48.8 Å². The van der Waals surface area contributed by atoms with E-state index in [1.807, 2.05) is 17.0 Å². The molecule has 1 saturated heterocycles. The maximum atomic E-state index is 12.6. The van der Waals surface area contributed by atoms with E-state index in [9.17, 15) is 4.79 Å². The van der Waals surface area contributed by atoms with Gasteiger partial charge in [0.1, 0.15) is 0 Å². The van der Waals surface area contributed by atoms with Crippen molar-refractivity contribution in [3.8, 4) is 0 Å². The summed E-state index contributed by atoms with van der Waals surface area (Å²) in [7, 11) is 0. The molecule has 1 aromatic carbocycles. The second kappa shape index (κ2) is 7.17. The van der Waals surface area contributed by atoms with Crippen LogP contribution in [0.1, 0.15) is 23.7 Å². The van der Waals surface area contributed by atoms with Crippen LogP contribution in [0, 0.1) is 0 Å². The molecule has 19 heavy (non-hydrogen) atoms. The molecule has 0 radical (unpaired) electrons. The molecule has 0 unspecified atom stereocenters. The molecule has 2 rings (SSSR count). The van der Waals surface area contributed by atoms with Crippen LogP contribution in [0.4, 0.5) is 0 Å². The molecule has 1 aliphatic heterocycles. The zero-order valence-corrected chi connectivity index (χ0v) is 12.7. The van der Waals surface area contributed by atoms with Crippen LogP contribution < -0.4 is 5.32 Å². The quantitative estimate of drug-likeness (QED) is 0.868. The van der Waals surface area contributed by atoms with E-state index in [2.05, 4.69) is 12.2 Å². The molecule has 0 atom stereocenters. The van der Waals surface area contributed by atoms with Crippen LogP contribution in [0.5, 0.6) is 0 Å². The second-order valence-electron chi connectivity index (χ2n) is 4.53. The number of piperazine rings is 1. The van der Waals surface area contributed by atoms with Gasteiger partial charge in [-0.3, -0.25) is 4.79 Å². The first-order valence-corrected chi connectivity index (χ1v) is 8.01. The lowest BCUT2D eigenvalue weighted by molar-refractivity contribution is 0.0732. The predicted molar refractivity (Wildman–Crippen MR) is 81.2 cm³/mol. The molecule has 1 aromatic rings. The van der Waals surface area contributed by atoms with Crippen LogP contribution in [0.25, 0.3) is 0 Å². The minimum Gasteiger partial charge on any atom is -0.336 e. The largest absolute Gasteiger partial charge is 0.336 e. The van der Waals surface area contributed by atoms with Crippen LogP contribution in [-0.4, -0.2) is 42.7 Å². The summed E-state index contributed by atoms with van der Waals surface area (Å²) in [5, 5.41) is 3.88. The Morgan fingerprint density at radius 3 is 2.84 bits per heavy atom. The van der Waals surface area contributed by atoms with Crippen molar-refractivity contribution in [1.29, 1.82) is 0 Å². The van der Waals surface area contributed by atoms with Gasteiger partial charge in [-0.25, -0.2) is 0 Å². The van der Waals surface area contributed by atoms with E-state index >= 15 is 0 Å². The number of rotatable bonds is 4. The fourth-order valence-corrected chi connectivity index (χ4v) is 3.11. The number of halogens is 1. The predicted octanol–water partition coefficient (Wildman–Crippen LogP) is 2.89. The van der Waals surface area contributed by atoms with Crippen LogP contribution in [0.3, 0.4) is 0 Å². The normalized spacial score (nSPS) is 15.6. The molecule has 0 spiro atoms. The summed E-state index contributed by atoms with van der Waals surface area (Å²) in [4.78, 5) is 15.5. The number of thioether (sulfide) groups is 1. The summed E-state index contributed by atoms with van der Waals surface area (Å²) in [6.07, 6.45) is 1.09. The molecule has 3 nitrogen and oxygen atoms in total. The van der Waals surface area contributed by atoms with Crippen molar-refractivity contribution in [1.82, 2.24) is 10.2 Å². The monoisotopic (exact) mass is 298 g/mol. The molecule has 0 bridgehead atoms. The van der Waals surface area contributed by atoms with E-state index in [0.29, 0.717) is 5.02 Å². The summed E-state index contributed by atoms with van der Waals surface area (Å²) in [6, 6.07) is 5.61. The number of benzene rings is 1. The van der Waals surface area contributed by atoms with Gasteiger partial charge in [-0.1, -0.05) is 18.5 Å². The van der Waals surface area contributed by atoms with E-state index in [4.69, 9.17) is 11.6 Å². The van der Waals surface area contributed by atoms with Gasteiger partial charge in [0.15, 0.2) is 0 Å². The van der Waals surface area contributed by atoms with E-state index in [1.54, 1.807) is 17.8 Å². The molecule has 1 aliphatic rings. The van der Waals surface area contributed by atoms with Gasteiger partial charge in [-0.15, -0.1) is 11.8 Å². The zero-order chi connectivity index (χ0) is 13.7. The summed E-state index contributed by atoms with van der Waals surface area (Å²) in [5.41, 5.74) is 0.743. The third-order valence-electron chi connectivity index (χ3n) is 3.04. The number of carbonyl (C=O) groups excluding carboxylic acids is 1. The fraction of sp³-hybridized carbons (Fsp3) is 0.500. The second-order valence-corrected chi connectivity index (χ2v) is 6.10. The summed E-state index contributed by atoms with van der Waals surface area (Å²) < 4.78 is 0. The van der Waals surface area contributed by atoms with Gasteiger partial charge < -0.3 is 10.2 Å². The lowest BCUT2D eigenvalue weighted by atomic mass is 10.2. The third kappa shape index (κ3) is 3.88. The highest BCUT2D eigenvalue weighted by Crippen LogP contribution is 2.27. The Labute approximate surface area is 123 Å². The Morgan fingerprint density at radius 2 is 2.16 bits per heavy atom. The first-order valence-electron chi connectivity index (χ1n) is 6.64. The molecule has 1 amide bonds. The average Bonchev–Trinajstić information content (AvgIpc) is 2.46. The highest BCUT2D eigenvalue weighted by Gasteiger charge is 2.20. The van der Waals surface area contributed by atoms with Gasteiger partial charge in [-0.2, -0.15) is 0 Å². The third-order valence-corrected chi connectivity index (χ3v) is 4.55. The average molecular weight is 299 g/mol. The Kier molecular flexibility index (Phi) is 5.55. The van der Waals surface area contributed by atoms with Gasteiger partial charge >= 0.3 is 0 Å². The summed E-state index contributed by atoms with van der Waals surface area (Å²) in [5.74, 6) is 1.12. The van der Waals surface area contributed by atoms with Crippen molar-refractivity contribution in [2.75, 3.05) is 31.9 Å².